The molecule has 0 aliphatic heterocycles. The molecule has 6 nitrogen and oxygen atoms in total. The third-order valence-electron chi connectivity index (χ3n) is 3.19. The molecule has 0 radical (unpaired) electrons. The molecular formula is C16H30FNO5. The van der Waals surface area contributed by atoms with Crippen molar-refractivity contribution in [2.45, 2.75) is 46.4 Å². The lowest BCUT2D eigenvalue weighted by Gasteiger charge is -2.18. The molecule has 0 saturated heterocycles. The minimum atomic E-state index is -1.25. The van der Waals surface area contributed by atoms with Gasteiger partial charge in [0.2, 0.25) is 5.91 Å². The van der Waals surface area contributed by atoms with Crippen LogP contribution in [0.3, 0.4) is 0 Å². The molecule has 136 valence electrons. The monoisotopic (exact) mass is 335 g/mol. The summed E-state index contributed by atoms with van der Waals surface area (Å²) in [6, 6.07) is 0. The highest BCUT2D eigenvalue weighted by Crippen LogP contribution is 2.02. The van der Waals surface area contributed by atoms with Crippen molar-refractivity contribution in [3.8, 4) is 0 Å². The summed E-state index contributed by atoms with van der Waals surface area (Å²) < 4.78 is 29.4. The molecular weight excluding hydrogens is 305 g/mol. The lowest BCUT2D eigenvalue weighted by Crippen LogP contribution is -2.36. The Bertz CT molecular complexity index is 338. The minimum absolute atomic E-state index is 0.0263. The zero-order chi connectivity index (χ0) is 17.7. The van der Waals surface area contributed by atoms with E-state index in [0.29, 0.717) is 26.2 Å². The summed E-state index contributed by atoms with van der Waals surface area (Å²) in [5.41, 5.74) is 0. The van der Waals surface area contributed by atoms with E-state index in [4.69, 9.17) is 14.2 Å². The van der Waals surface area contributed by atoms with Gasteiger partial charge in [0.1, 0.15) is 12.8 Å². The first kappa shape index (κ1) is 21.9. The zero-order valence-corrected chi connectivity index (χ0v) is 14.6. The van der Waals surface area contributed by atoms with Crippen LogP contribution in [0, 0.1) is 5.92 Å². The van der Waals surface area contributed by atoms with Crippen LogP contribution in [0.5, 0.6) is 0 Å². The molecule has 2 atom stereocenters. The van der Waals surface area contributed by atoms with Gasteiger partial charge in [0.05, 0.1) is 39.1 Å². The zero-order valence-electron chi connectivity index (χ0n) is 14.6. The summed E-state index contributed by atoms with van der Waals surface area (Å²) in [5.74, 6) is -0.146. The molecule has 0 rings (SSSR count). The number of hydrogen-bond acceptors (Lipinski definition) is 5. The molecule has 0 aromatic carbocycles. The predicted molar refractivity (Wildman–Crippen MR) is 85.1 cm³/mol. The van der Waals surface area contributed by atoms with E-state index in [0.717, 1.165) is 0 Å². The van der Waals surface area contributed by atoms with Gasteiger partial charge < -0.3 is 19.5 Å². The van der Waals surface area contributed by atoms with Gasteiger partial charge in [-0.2, -0.15) is 0 Å². The van der Waals surface area contributed by atoms with Gasteiger partial charge in [-0.1, -0.05) is 20.8 Å². The highest BCUT2D eigenvalue weighted by molar-refractivity contribution is 5.81. The molecule has 0 aromatic rings. The van der Waals surface area contributed by atoms with Gasteiger partial charge in [0.25, 0.3) is 0 Å². The standard InChI is InChI=1S/C16H30FNO5/c1-5-16(20)18-10-14(17)13(4)23-9-8-21-6-7-22-11-15(19)12(2)3/h12-14H,5-11H2,1-4H3,(H,18,20). The van der Waals surface area contributed by atoms with Crippen molar-refractivity contribution in [3.05, 3.63) is 0 Å². The molecule has 0 spiro atoms. The summed E-state index contributed by atoms with van der Waals surface area (Å²) in [4.78, 5) is 22.3. The summed E-state index contributed by atoms with van der Waals surface area (Å²) >= 11 is 0. The molecule has 0 aliphatic rings. The quantitative estimate of drug-likeness (QED) is 0.487. The molecule has 1 N–H and O–H groups in total. The number of amides is 1. The van der Waals surface area contributed by atoms with Crippen LogP contribution in [0.1, 0.15) is 34.1 Å². The van der Waals surface area contributed by atoms with Crippen LogP contribution in [0.15, 0.2) is 0 Å². The van der Waals surface area contributed by atoms with Crippen LogP contribution in [0.4, 0.5) is 4.39 Å². The van der Waals surface area contributed by atoms with Crippen molar-refractivity contribution >= 4 is 11.7 Å². The second kappa shape index (κ2) is 13.4. The first-order chi connectivity index (χ1) is 10.9. The predicted octanol–water partition coefficient (Wildman–Crippen LogP) is 1.51. The Kier molecular flexibility index (Phi) is 12.8. The van der Waals surface area contributed by atoms with E-state index in [1.165, 1.54) is 0 Å². The largest absolute Gasteiger partial charge is 0.377 e. The Morgan fingerprint density at radius 3 is 2.26 bits per heavy atom. The van der Waals surface area contributed by atoms with Crippen LogP contribution in [-0.2, 0) is 23.8 Å². The Labute approximate surface area is 138 Å². The Morgan fingerprint density at radius 1 is 1.04 bits per heavy atom. The lowest BCUT2D eigenvalue weighted by molar-refractivity contribution is -0.127. The van der Waals surface area contributed by atoms with Gasteiger partial charge in [0.15, 0.2) is 5.78 Å². The third-order valence-corrected chi connectivity index (χ3v) is 3.19. The van der Waals surface area contributed by atoms with Crippen molar-refractivity contribution in [1.29, 1.82) is 0 Å². The third kappa shape index (κ3) is 12.1. The van der Waals surface area contributed by atoms with Gasteiger partial charge in [-0.15, -0.1) is 0 Å². The second-order valence-electron chi connectivity index (χ2n) is 5.54. The van der Waals surface area contributed by atoms with Gasteiger partial charge in [-0.05, 0) is 6.92 Å². The molecule has 23 heavy (non-hydrogen) atoms. The maximum atomic E-state index is 13.7. The van der Waals surface area contributed by atoms with Crippen LogP contribution < -0.4 is 5.32 Å². The Balaban J connectivity index is 3.49. The topological polar surface area (TPSA) is 73.9 Å². The average molecular weight is 335 g/mol. The number of alkyl halides is 1. The second-order valence-corrected chi connectivity index (χ2v) is 5.54. The molecule has 0 saturated carbocycles. The van der Waals surface area contributed by atoms with E-state index in [1.807, 2.05) is 13.8 Å². The maximum Gasteiger partial charge on any atom is 0.219 e. The molecule has 0 bridgehead atoms. The van der Waals surface area contributed by atoms with Crippen molar-refractivity contribution in [2.24, 2.45) is 5.92 Å². The number of carbonyl (C=O) groups is 2. The summed E-state index contributed by atoms with van der Waals surface area (Å²) in [5, 5.41) is 2.49. The van der Waals surface area contributed by atoms with Gasteiger partial charge >= 0.3 is 0 Å². The Hall–Kier alpha value is -1.05. The number of Topliss-reactive ketones (excluding diaryl/α,β-unsaturated/α-hetero) is 1. The molecule has 7 heteroatoms. The van der Waals surface area contributed by atoms with Crippen molar-refractivity contribution in [2.75, 3.05) is 39.6 Å². The van der Waals surface area contributed by atoms with E-state index in [-0.39, 0.29) is 37.4 Å². The number of ketones is 1. The van der Waals surface area contributed by atoms with E-state index in [9.17, 15) is 14.0 Å². The fraction of sp³-hybridized carbons (Fsp3) is 0.875. The molecule has 0 heterocycles. The maximum absolute atomic E-state index is 13.7. The number of carbonyl (C=O) groups excluding carboxylic acids is 2. The van der Waals surface area contributed by atoms with E-state index in [1.54, 1.807) is 13.8 Å². The summed E-state index contributed by atoms with van der Waals surface area (Å²) in [7, 11) is 0. The van der Waals surface area contributed by atoms with Crippen LogP contribution in [0.25, 0.3) is 0 Å². The highest BCUT2D eigenvalue weighted by atomic mass is 19.1. The van der Waals surface area contributed by atoms with E-state index in [2.05, 4.69) is 5.32 Å². The highest BCUT2D eigenvalue weighted by Gasteiger charge is 2.17. The fourth-order valence-electron chi connectivity index (χ4n) is 1.46. The van der Waals surface area contributed by atoms with Crippen LogP contribution in [0.2, 0.25) is 0 Å². The van der Waals surface area contributed by atoms with E-state index >= 15 is 0 Å². The number of halogens is 1. The van der Waals surface area contributed by atoms with Gasteiger partial charge in [-0.3, -0.25) is 9.59 Å². The lowest BCUT2D eigenvalue weighted by atomic mass is 10.1. The van der Waals surface area contributed by atoms with Crippen molar-refractivity contribution in [1.82, 2.24) is 5.32 Å². The number of ether oxygens (including phenoxy) is 3. The molecule has 2 unspecified atom stereocenters. The number of hydrogen-bond donors (Lipinski definition) is 1. The average Bonchev–Trinajstić information content (AvgIpc) is 2.53. The van der Waals surface area contributed by atoms with Crippen molar-refractivity contribution < 1.29 is 28.2 Å². The number of rotatable bonds is 14. The molecule has 0 fully saturated rings. The normalized spacial score (nSPS) is 13.8. The van der Waals surface area contributed by atoms with Crippen molar-refractivity contribution in [3.63, 3.8) is 0 Å². The number of nitrogens with one attached hydrogen (secondary N) is 1. The summed E-state index contributed by atoms with van der Waals surface area (Å²) in [6.45, 7) is 8.30. The van der Waals surface area contributed by atoms with E-state index < -0.39 is 12.3 Å². The minimum Gasteiger partial charge on any atom is -0.377 e. The van der Waals surface area contributed by atoms with Gasteiger partial charge in [0, 0.05) is 12.3 Å². The first-order valence-corrected chi connectivity index (χ1v) is 8.09. The smallest absolute Gasteiger partial charge is 0.219 e. The molecule has 0 aromatic heterocycles. The Morgan fingerprint density at radius 2 is 1.65 bits per heavy atom. The SMILES string of the molecule is CCC(=O)NCC(F)C(C)OCCOCCOCC(=O)C(C)C. The molecule has 1 amide bonds. The summed E-state index contributed by atoms with van der Waals surface area (Å²) in [6.07, 6.45) is -1.53. The molecule has 0 aliphatic carbocycles. The van der Waals surface area contributed by atoms with Gasteiger partial charge in [-0.25, -0.2) is 4.39 Å². The van der Waals surface area contributed by atoms with Crippen LogP contribution >= 0.6 is 0 Å². The van der Waals surface area contributed by atoms with Crippen LogP contribution in [-0.4, -0.2) is 63.5 Å². The fourth-order valence-corrected chi connectivity index (χ4v) is 1.46. The first-order valence-electron chi connectivity index (χ1n) is 8.09.